The predicted octanol–water partition coefficient (Wildman–Crippen LogP) is 3.14. The van der Waals surface area contributed by atoms with Gasteiger partial charge in [-0.25, -0.2) is 4.79 Å². The van der Waals surface area contributed by atoms with Crippen LogP contribution in [0.15, 0.2) is 24.3 Å². The second kappa shape index (κ2) is 8.70. The molecule has 0 aliphatic carbocycles. The monoisotopic (exact) mass is 263 g/mol. The van der Waals surface area contributed by atoms with Gasteiger partial charge < -0.3 is 9.64 Å². The van der Waals surface area contributed by atoms with E-state index in [2.05, 4.69) is 18.9 Å². The molecule has 0 radical (unpaired) electrons. The lowest BCUT2D eigenvalue weighted by Crippen LogP contribution is -2.25. The highest BCUT2D eigenvalue weighted by Gasteiger charge is 2.11. The molecule has 0 spiro atoms. The van der Waals surface area contributed by atoms with Gasteiger partial charge in [-0.3, -0.25) is 0 Å². The summed E-state index contributed by atoms with van der Waals surface area (Å²) < 4.78 is 5.34. The fraction of sp³-hybridized carbons (Fsp3) is 0.562. The van der Waals surface area contributed by atoms with Crippen molar-refractivity contribution in [2.24, 2.45) is 0 Å². The lowest BCUT2D eigenvalue weighted by Gasteiger charge is -2.16. The summed E-state index contributed by atoms with van der Waals surface area (Å²) in [5, 5.41) is 0. The first-order valence-electron chi connectivity index (χ1n) is 7.12. The second-order valence-corrected chi connectivity index (χ2v) is 4.80. The Balaban J connectivity index is 2.39. The van der Waals surface area contributed by atoms with E-state index >= 15 is 0 Å². The van der Waals surface area contributed by atoms with Gasteiger partial charge in [-0.1, -0.05) is 38.5 Å². The molecule has 0 atom stereocenters. The van der Waals surface area contributed by atoms with E-state index in [0.29, 0.717) is 12.2 Å². The first-order chi connectivity index (χ1) is 9.19. The van der Waals surface area contributed by atoms with Crippen LogP contribution < -0.4 is 0 Å². The fourth-order valence-electron chi connectivity index (χ4n) is 1.94. The molecule has 0 N–H and O–H groups in total. The smallest absolute Gasteiger partial charge is 0.338 e. The highest BCUT2D eigenvalue weighted by atomic mass is 16.5. The van der Waals surface area contributed by atoms with Crippen LogP contribution in [0, 0.1) is 0 Å². The number of rotatable bonds is 8. The second-order valence-electron chi connectivity index (χ2n) is 4.80. The first kappa shape index (κ1) is 15.7. The molecule has 1 aromatic carbocycles. The third-order valence-electron chi connectivity index (χ3n) is 3.22. The Morgan fingerprint density at radius 2 is 1.95 bits per heavy atom. The largest absolute Gasteiger partial charge is 0.461 e. The van der Waals surface area contributed by atoms with Crippen molar-refractivity contribution in [3.8, 4) is 0 Å². The Labute approximate surface area is 116 Å². The van der Waals surface area contributed by atoms with Crippen LogP contribution >= 0.6 is 0 Å². The zero-order valence-corrected chi connectivity index (χ0v) is 12.3. The number of carbonyl (C=O) groups is 1. The number of nitrogens with zero attached hydrogens (tertiary/aromatic N) is 1. The number of hydrogen-bond donors (Lipinski definition) is 0. The molecule has 0 saturated carbocycles. The van der Waals surface area contributed by atoms with Gasteiger partial charge >= 0.3 is 5.97 Å². The molecule has 3 nitrogen and oxygen atoms in total. The van der Waals surface area contributed by atoms with Crippen LogP contribution in [0.1, 0.15) is 42.6 Å². The van der Waals surface area contributed by atoms with Gasteiger partial charge in [0, 0.05) is 6.54 Å². The molecule has 3 heteroatoms. The van der Waals surface area contributed by atoms with Crippen LogP contribution in [0.2, 0.25) is 0 Å². The maximum atomic E-state index is 12.0. The Morgan fingerprint density at radius 3 is 2.63 bits per heavy atom. The highest BCUT2D eigenvalue weighted by Crippen LogP contribution is 2.10. The Bertz CT molecular complexity index is 390. The summed E-state index contributed by atoms with van der Waals surface area (Å²) in [4.78, 5) is 14.2. The molecule has 0 bridgehead atoms. The molecule has 0 fully saturated rings. The molecule has 106 valence electrons. The van der Waals surface area contributed by atoms with E-state index in [0.717, 1.165) is 25.1 Å². The van der Waals surface area contributed by atoms with Crippen molar-refractivity contribution in [1.29, 1.82) is 0 Å². The zero-order valence-electron chi connectivity index (χ0n) is 12.3. The van der Waals surface area contributed by atoms with E-state index in [9.17, 15) is 4.79 Å². The number of unbranched alkanes of at least 4 members (excludes halogenated alkanes) is 1. The van der Waals surface area contributed by atoms with Crippen LogP contribution in [0.3, 0.4) is 0 Å². The topological polar surface area (TPSA) is 29.5 Å². The summed E-state index contributed by atoms with van der Waals surface area (Å²) in [5.41, 5.74) is 1.74. The molecule has 19 heavy (non-hydrogen) atoms. The van der Waals surface area contributed by atoms with Crippen LogP contribution in [-0.4, -0.2) is 37.6 Å². The van der Waals surface area contributed by atoms with Crippen molar-refractivity contribution in [2.45, 2.75) is 33.1 Å². The fourth-order valence-corrected chi connectivity index (χ4v) is 1.94. The number of ether oxygens (including phenoxy) is 1. The molecule has 1 aromatic rings. The summed E-state index contributed by atoms with van der Waals surface area (Å²) in [6, 6.07) is 7.64. The van der Waals surface area contributed by atoms with Crippen LogP contribution in [0.5, 0.6) is 0 Å². The van der Waals surface area contributed by atoms with Gasteiger partial charge in [0.25, 0.3) is 0 Å². The van der Waals surface area contributed by atoms with Crippen LogP contribution in [0.25, 0.3) is 0 Å². The van der Waals surface area contributed by atoms with Gasteiger partial charge in [0.2, 0.25) is 0 Å². The minimum absolute atomic E-state index is 0.207. The summed E-state index contributed by atoms with van der Waals surface area (Å²) >= 11 is 0. The van der Waals surface area contributed by atoms with Crippen molar-refractivity contribution in [3.63, 3.8) is 0 Å². The molecule has 1 rings (SSSR count). The Hall–Kier alpha value is -1.35. The van der Waals surface area contributed by atoms with Gasteiger partial charge in [-0.2, -0.15) is 0 Å². The summed E-state index contributed by atoms with van der Waals surface area (Å²) in [7, 11) is 2.06. The zero-order chi connectivity index (χ0) is 14.1. The lowest BCUT2D eigenvalue weighted by molar-refractivity contribution is 0.0471. The summed E-state index contributed by atoms with van der Waals surface area (Å²) in [6.07, 6.45) is 3.22. The number of likely N-dealkylation sites (N-methyl/N-ethyl adjacent to an activating group) is 1. The van der Waals surface area contributed by atoms with Gasteiger partial charge in [-0.15, -0.1) is 0 Å². The Morgan fingerprint density at radius 1 is 1.21 bits per heavy atom. The maximum absolute atomic E-state index is 12.0. The molecule has 0 amide bonds. The molecular weight excluding hydrogens is 238 g/mol. The normalized spacial score (nSPS) is 10.7. The van der Waals surface area contributed by atoms with Crippen molar-refractivity contribution >= 4 is 5.97 Å². The van der Waals surface area contributed by atoms with Crippen molar-refractivity contribution in [3.05, 3.63) is 35.4 Å². The van der Waals surface area contributed by atoms with Crippen molar-refractivity contribution in [2.75, 3.05) is 26.7 Å². The molecule has 0 saturated heterocycles. The van der Waals surface area contributed by atoms with Crippen LogP contribution in [-0.2, 0) is 11.2 Å². The quantitative estimate of drug-likeness (QED) is 0.675. The molecule has 0 unspecified atom stereocenters. The van der Waals surface area contributed by atoms with Gasteiger partial charge in [0.1, 0.15) is 6.61 Å². The van der Waals surface area contributed by atoms with Crippen molar-refractivity contribution in [1.82, 2.24) is 4.90 Å². The minimum atomic E-state index is -0.207. The third kappa shape index (κ3) is 5.43. The average Bonchev–Trinajstić information content (AvgIpc) is 2.44. The predicted molar refractivity (Wildman–Crippen MR) is 78.5 cm³/mol. The van der Waals surface area contributed by atoms with E-state index in [-0.39, 0.29) is 5.97 Å². The highest BCUT2D eigenvalue weighted by molar-refractivity contribution is 5.91. The summed E-state index contributed by atoms with van der Waals surface area (Å²) in [5.74, 6) is -0.207. The van der Waals surface area contributed by atoms with Gasteiger partial charge in [0.05, 0.1) is 5.56 Å². The molecule has 0 heterocycles. The number of esters is 1. The molecular formula is C16H25NO2. The molecule has 0 aliphatic rings. The first-order valence-corrected chi connectivity index (χ1v) is 7.12. The molecule has 0 aliphatic heterocycles. The van der Waals surface area contributed by atoms with Gasteiger partial charge in [0.15, 0.2) is 0 Å². The van der Waals surface area contributed by atoms with E-state index < -0.39 is 0 Å². The van der Waals surface area contributed by atoms with E-state index in [1.165, 1.54) is 12.8 Å². The number of carbonyl (C=O) groups excluding carboxylic acids is 1. The Kier molecular flexibility index (Phi) is 7.19. The standard InChI is InChI=1S/C16H25NO2/c1-4-6-11-17(3)12-13-19-16(18)15-10-8-7-9-14(15)5-2/h7-10H,4-6,11-13H2,1-3H3. The third-order valence-corrected chi connectivity index (χ3v) is 3.22. The minimum Gasteiger partial charge on any atom is -0.461 e. The number of aryl methyl sites for hydroxylation is 1. The molecule has 0 aromatic heterocycles. The van der Waals surface area contributed by atoms with E-state index in [1.807, 2.05) is 31.2 Å². The summed E-state index contributed by atoms with van der Waals surface area (Å²) in [6.45, 7) is 6.52. The van der Waals surface area contributed by atoms with Crippen molar-refractivity contribution < 1.29 is 9.53 Å². The maximum Gasteiger partial charge on any atom is 0.338 e. The lowest BCUT2D eigenvalue weighted by atomic mass is 10.1. The average molecular weight is 263 g/mol. The number of hydrogen-bond acceptors (Lipinski definition) is 3. The SMILES string of the molecule is CCCCN(C)CCOC(=O)c1ccccc1CC. The van der Waals surface area contributed by atoms with Crippen LogP contribution in [0.4, 0.5) is 0 Å². The van der Waals surface area contributed by atoms with E-state index in [4.69, 9.17) is 4.74 Å². The van der Waals surface area contributed by atoms with E-state index in [1.54, 1.807) is 0 Å². The number of benzene rings is 1. The van der Waals surface area contributed by atoms with Gasteiger partial charge in [-0.05, 0) is 38.1 Å².